The van der Waals surface area contributed by atoms with Gasteiger partial charge in [-0.05, 0) is 74.8 Å². The van der Waals surface area contributed by atoms with Gasteiger partial charge in [0.15, 0.2) is 17.5 Å². The zero-order valence-electron chi connectivity index (χ0n) is 49.2. The third-order valence-corrected chi connectivity index (χ3v) is 20.2. The lowest BCUT2D eigenvalue weighted by Crippen LogP contribution is -2.82. The van der Waals surface area contributed by atoms with Crippen LogP contribution in [-0.2, 0) is 81.1 Å². The molecular formula is C62H73N3O20S2. The van der Waals surface area contributed by atoms with Gasteiger partial charge in [-0.15, -0.1) is 0 Å². The molecule has 4 N–H and O–H groups in total. The topological polar surface area (TPSA) is 320 Å². The highest BCUT2D eigenvalue weighted by Crippen LogP contribution is 2.65. The van der Waals surface area contributed by atoms with Crippen molar-refractivity contribution in [1.29, 1.82) is 0 Å². The van der Waals surface area contributed by atoms with Crippen molar-refractivity contribution in [3.8, 4) is 0 Å². The van der Waals surface area contributed by atoms with Crippen LogP contribution >= 0.6 is 24.0 Å². The molecule has 25 heteroatoms. The largest absolute Gasteiger partial charge is 0.481 e. The Balaban J connectivity index is 1.18. The maximum Gasteiger partial charge on any atom is 0.350 e. The number of hydrogen-bond acceptors (Lipinski definition) is 21. The van der Waals surface area contributed by atoms with E-state index in [0.29, 0.717) is 38.5 Å². The number of esters is 6. The average Bonchev–Trinajstić information content (AvgIpc) is 0.898. The smallest absolute Gasteiger partial charge is 0.350 e. The van der Waals surface area contributed by atoms with Gasteiger partial charge < -0.3 is 54.0 Å². The maximum atomic E-state index is 16.5. The lowest BCUT2D eigenvalue weighted by molar-refractivity contribution is -0.346. The van der Waals surface area contributed by atoms with Gasteiger partial charge >= 0.3 is 41.8 Å². The predicted molar refractivity (Wildman–Crippen MR) is 309 cm³/mol. The molecule has 12 atom stereocenters. The quantitative estimate of drug-likeness (QED) is 0.0579. The van der Waals surface area contributed by atoms with E-state index in [0.717, 1.165) is 43.4 Å². The number of carbonyl (C=O) groups is 11. The second-order valence-corrected chi connectivity index (χ2v) is 26.0. The number of aliphatic hydroxyl groups is 1. The van der Waals surface area contributed by atoms with Crippen molar-refractivity contribution < 1.29 is 96.1 Å². The summed E-state index contributed by atoms with van der Waals surface area (Å²) in [6.07, 6.45) is -7.83. The first-order valence-electron chi connectivity index (χ1n) is 29.4. The number of rotatable bonds is 20. The molecular weight excluding hydrogens is 1170 g/mol. The van der Waals surface area contributed by atoms with Crippen LogP contribution in [0.2, 0.25) is 0 Å². The molecule has 23 nitrogen and oxygen atoms in total. The van der Waals surface area contributed by atoms with Gasteiger partial charge in [-0.1, -0.05) is 112 Å². The van der Waals surface area contributed by atoms with Crippen molar-refractivity contribution in [2.75, 3.05) is 18.9 Å². The van der Waals surface area contributed by atoms with E-state index in [1.807, 2.05) is 0 Å². The number of nitrogens with one attached hydrogen (secondary N) is 2. The summed E-state index contributed by atoms with van der Waals surface area (Å²) in [6, 6.07) is 12.2. The first-order valence-corrected chi connectivity index (χ1v) is 30.8. The van der Waals surface area contributed by atoms with E-state index in [-0.39, 0.29) is 38.8 Å². The van der Waals surface area contributed by atoms with Crippen LogP contribution in [0, 0.1) is 28.6 Å². The summed E-state index contributed by atoms with van der Waals surface area (Å²) in [5.74, 6) is -13.2. The minimum atomic E-state index is -2.59. The molecule has 2 aromatic carbocycles. The molecule has 2 aromatic rings. The number of hydrogen-bond donors (Lipinski definition) is 4. The van der Waals surface area contributed by atoms with Gasteiger partial charge in [-0.3, -0.25) is 48.1 Å². The molecule has 0 aromatic heterocycles. The van der Waals surface area contributed by atoms with E-state index >= 15 is 9.59 Å². The lowest BCUT2D eigenvalue weighted by Gasteiger charge is -2.67. The summed E-state index contributed by atoms with van der Waals surface area (Å²) in [5, 5.41) is 29.4. The SMILES string of the molecule is CC(=O)O[C@H]1C(=O)[C@]2(C)[C@@H](OC(=O)C3CCCC3)C[C@H]3OC[C@@]3(OC(C)=O)[C@H]2[C@H](OC(=O)c2ccccc2)[C@]2(O)C[C@H](OC(=O)[C@H](OC(=O)C3CCCC3)[C@@H](NC(=O)[C@@H](CCC(=O)O)NC(=O)CN3C(=O)CSC3=S)c3ccccc3)C(C)=C1C2(C)C. The molecule has 7 aliphatic rings. The molecule has 468 valence electrons. The Morgan fingerprint density at radius 1 is 0.816 bits per heavy atom. The van der Waals surface area contributed by atoms with Crippen molar-refractivity contribution in [2.45, 2.75) is 179 Å². The number of aliphatic carboxylic acids is 1. The lowest BCUT2D eigenvalue weighted by atomic mass is 9.44. The van der Waals surface area contributed by atoms with Crippen LogP contribution in [0.1, 0.15) is 141 Å². The summed E-state index contributed by atoms with van der Waals surface area (Å²) < 4.78 is 44.5. The molecule has 0 unspecified atom stereocenters. The fourth-order valence-corrected chi connectivity index (χ4v) is 15.2. The van der Waals surface area contributed by atoms with Crippen molar-refractivity contribution in [3.63, 3.8) is 0 Å². The number of carboxylic acid groups (broad SMARTS) is 1. The van der Waals surface area contributed by atoms with Crippen LogP contribution in [0.25, 0.3) is 0 Å². The van der Waals surface area contributed by atoms with E-state index in [1.54, 1.807) is 36.4 Å². The first kappa shape index (κ1) is 64.4. The Labute approximate surface area is 512 Å². The number of nitrogens with zero attached hydrogens (tertiary/aromatic N) is 1. The van der Waals surface area contributed by atoms with Gasteiger partial charge in [-0.25, -0.2) is 9.59 Å². The van der Waals surface area contributed by atoms with Gasteiger partial charge in [0.05, 0.1) is 41.1 Å². The monoisotopic (exact) mass is 1240 g/mol. The Kier molecular flexibility index (Phi) is 19.2. The van der Waals surface area contributed by atoms with Crippen LogP contribution in [0.3, 0.4) is 0 Å². The summed E-state index contributed by atoms with van der Waals surface area (Å²) in [5.41, 5.74) is -8.42. The van der Waals surface area contributed by atoms with E-state index in [2.05, 4.69) is 10.6 Å². The molecule has 0 radical (unpaired) electrons. The second-order valence-electron chi connectivity index (χ2n) is 24.4. The maximum absolute atomic E-state index is 16.5. The van der Waals surface area contributed by atoms with Crippen LogP contribution in [0.4, 0.5) is 0 Å². The predicted octanol–water partition coefficient (Wildman–Crippen LogP) is 5.11. The van der Waals surface area contributed by atoms with Crippen LogP contribution in [-0.4, -0.2) is 157 Å². The zero-order valence-corrected chi connectivity index (χ0v) is 50.9. The first-order chi connectivity index (χ1) is 41.2. The molecule has 2 heterocycles. The van der Waals surface area contributed by atoms with Gasteiger partial charge in [0.25, 0.3) is 0 Å². The highest BCUT2D eigenvalue weighted by molar-refractivity contribution is 8.24. The van der Waals surface area contributed by atoms with Crippen molar-refractivity contribution in [3.05, 3.63) is 82.9 Å². The zero-order chi connectivity index (χ0) is 62.9. The molecule has 2 saturated heterocycles. The van der Waals surface area contributed by atoms with Crippen molar-refractivity contribution >= 4 is 93.6 Å². The number of ketones is 1. The Bertz CT molecular complexity index is 3110. The fourth-order valence-electron chi connectivity index (χ4n) is 14.1. The Morgan fingerprint density at radius 3 is 2.00 bits per heavy atom. The minimum Gasteiger partial charge on any atom is -0.481 e. The number of carbonyl (C=O) groups excluding carboxylic acids is 10. The summed E-state index contributed by atoms with van der Waals surface area (Å²) >= 11 is 6.27. The highest BCUT2D eigenvalue weighted by atomic mass is 32.2. The number of thiocarbonyl (C=S) groups is 1. The van der Waals surface area contributed by atoms with Gasteiger partial charge in [0, 0.05) is 38.5 Å². The number of amides is 3. The highest BCUT2D eigenvalue weighted by Gasteiger charge is 2.79. The number of benzene rings is 2. The second kappa shape index (κ2) is 25.9. The van der Waals surface area contributed by atoms with Gasteiger partial charge in [0.1, 0.15) is 53.0 Å². The van der Waals surface area contributed by atoms with E-state index in [9.17, 15) is 53.4 Å². The third-order valence-electron chi connectivity index (χ3n) is 18.7. The molecule has 0 spiro atoms. The van der Waals surface area contributed by atoms with E-state index < -0.39 is 186 Å². The van der Waals surface area contributed by atoms with Crippen molar-refractivity contribution in [2.24, 2.45) is 28.6 Å². The minimum absolute atomic E-state index is 0.00364. The average molecular weight is 1240 g/mol. The molecule has 4 saturated carbocycles. The molecule has 87 heavy (non-hydrogen) atoms. The summed E-state index contributed by atoms with van der Waals surface area (Å²) in [6.45, 7) is 7.15. The standard InChI is InChI=1S/C62H73N3O20S2/c1-32-40(81-57(77)49(83-55(75)37-23-15-16-24-37)47(35-17-9-7-10-18-35)64-53(73)39(25-26-45(70)71)63-43(68)29-65-44(69)30-87-58(65)86)28-62(78)52(84-56(76)38-19-11-8-12-20-38)50-60(6,51(72)48(80-33(2)66)46(32)59(62,4)5)41(82-54(74)36-21-13-14-22-36)27-42-61(50,31-79-42)85-34(3)67/h7-12,17-20,36-37,39-42,47-50,52,78H,13-16,21-31H2,1-6H3,(H,63,68)(H,64,73)(H,70,71)/t39-,40+,41+,42-,47+,48-,49-,50+,52+,60-,61+,62-/m1/s1. The molecule has 3 amide bonds. The molecule has 2 aliphatic heterocycles. The van der Waals surface area contributed by atoms with Crippen LogP contribution in [0.5, 0.6) is 0 Å². The number of carboxylic acids is 1. The van der Waals surface area contributed by atoms with Crippen molar-refractivity contribution in [1.82, 2.24) is 15.5 Å². The number of ether oxygens (including phenoxy) is 7. The summed E-state index contributed by atoms with van der Waals surface area (Å²) in [7, 11) is 0. The number of Topliss-reactive ketones (excluding diaryl/α,β-unsaturated/α-hetero) is 1. The van der Waals surface area contributed by atoms with Crippen LogP contribution in [0.15, 0.2) is 71.8 Å². The van der Waals surface area contributed by atoms with E-state index in [1.165, 1.54) is 52.0 Å². The van der Waals surface area contributed by atoms with Gasteiger partial charge in [0.2, 0.25) is 23.8 Å². The molecule has 9 rings (SSSR count). The van der Waals surface area contributed by atoms with Gasteiger partial charge in [-0.2, -0.15) is 0 Å². The van der Waals surface area contributed by atoms with E-state index in [4.69, 9.17) is 45.4 Å². The third kappa shape index (κ3) is 12.7. The number of thioether (sulfide) groups is 1. The molecule has 5 aliphatic carbocycles. The molecule has 2 bridgehead atoms. The normalized spacial score (nSPS) is 29.5. The Morgan fingerprint density at radius 2 is 1.44 bits per heavy atom. The van der Waals surface area contributed by atoms with Crippen LogP contribution < -0.4 is 10.6 Å². The number of fused-ring (bicyclic) bond motifs is 5. The fraction of sp³-hybridized carbons (Fsp3) is 0.581. The Hall–Kier alpha value is -7.09. The molecule has 6 fully saturated rings. The summed E-state index contributed by atoms with van der Waals surface area (Å²) in [4.78, 5) is 157.